The van der Waals surface area contributed by atoms with Gasteiger partial charge in [-0.05, 0) is 5.56 Å². The standard InChI is InChI=1S/C11H13NO2/c12-8-11(13)6-7-14-9-10-4-2-1-3-5-10/h1-5,11,13H,6-7,9H2/i8+1. The van der Waals surface area contributed by atoms with E-state index in [1.54, 1.807) is 6.07 Å². The van der Waals surface area contributed by atoms with E-state index in [9.17, 15) is 0 Å². The highest BCUT2D eigenvalue weighted by atomic mass is 16.5. The van der Waals surface area contributed by atoms with Crippen LogP contribution in [0.4, 0.5) is 0 Å². The third-order valence-corrected chi connectivity index (χ3v) is 1.80. The van der Waals surface area contributed by atoms with Crippen molar-refractivity contribution in [3.63, 3.8) is 0 Å². The van der Waals surface area contributed by atoms with Crippen LogP contribution < -0.4 is 0 Å². The Kier molecular flexibility index (Phi) is 4.70. The van der Waals surface area contributed by atoms with Crippen LogP contribution in [-0.4, -0.2) is 17.8 Å². The molecule has 1 N–H and O–H groups in total. The van der Waals surface area contributed by atoms with Gasteiger partial charge in [-0.15, -0.1) is 0 Å². The first-order valence-corrected chi connectivity index (χ1v) is 4.52. The summed E-state index contributed by atoms with van der Waals surface area (Å²) in [7, 11) is 0. The predicted octanol–water partition coefficient (Wildman–Crippen LogP) is 1.48. The number of aliphatic hydroxyl groups is 1. The molecule has 0 radical (unpaired) electrons. The van der Waals surface area contributed by atoms with E-state index in [0.29, 0.717) is 19.6 Å². The predicted molar refractivity (Wildman–Crippen MR) is 52.3 cm³/mol. The molecule has 1 aromatic rings. The molecule has 0 saturated carbocycles. The van der Waals surface area contributed by atoms with E-state index in [1.165, 1.54) is 0 Å². The van der Waals surface area contributed by atoms with Crippen LogP contribution in [0, 0.1) is 11.3 Å². The van der Waals surface area contributed by atoms with Gasteiger partial charge in [-0.3, -0.25) is 0 Å². The third-order valence-electron chi connectivity index (χ3n) is 1.80. The van der Waals surface area contributed by atoms with Crippen LogP contribution in [0.25, 0.3) is 0 Å². The highest BCUT2D eigenvalue weighted by Crippen LogP contribution is 2.01. The first-order chi connectivity index (χ1) is 6.83. The normalized spacial score (nSPS) is 12.0. The van der Waals surface area contributed by atoms with Crippen LogP contribution in [0.5, 0.6) is 0 Å². The Bertz CT molecular complexity index is 292. The first kappa shape index (κ1) is 10.7. The molecule has 0 heterocycles. The van der Waals surface area contributed by atoms with Gasteiger partial charge in [-0.1, -0.05) is 30.3 Å². The summed E-state index contributed by atoms with van der Waals surface area (Å²) in [5.41, 5.74) is 1.10. The summed E-state index contributed by atoms with van der Waals surface area (Å²) in [4.78, 5) is 0. The second-order valence-electron chi connectivity index (χ2n) is 2.97. The first-order valence-electron chi connectivity index (χ1n) is 4.52. The molecule has 3 heteroatoms. The van der Waals surface area contributed by atoms with E-state index in [1.807, 2.05) is 30.3 Å². The van der Waals surface area contributed by atoms with Crippen molar-refractivity contribution < 1.29 is 9.84 Å². The van der Waals surface area contributed by atoms with Gasteiger partial charge in [-0.2, -0.15) is 5.26 Å². The van der Waals surface area contributed by atoms with Gasteiger partial charge < -0.3 is 9.84 Å². The molecule has 0 bridgehead atoms. The smallest absolute Gasteiger partial charge is 0.142 e. The van der Waals surface area contributed by atoms with Crippen LogP contribution in [-0.2, 0) is 11.3 Å². The fraction of sp³-hybridized carbons (Fsp3) is 0.364. The molecule has 3 nitrogen and oxygen atoms in total. The highest BCUT2D eigenvalue weighted by Gasteiger charge is 2.00. The summed E-state index contributed by atoms with van der Waals surface area (Å²) >= 11 is 0. The van der Waals surface area contributed by atoms with Crippen molar-refractivity contribution in [2.45, 2.75) is 19.1 Å². The van der Waals surface area contributed by atoms with Crippen molar-refractivity contribution in [1.82, 2.24) is 0 Å². The van der Waals surface area contributed by atoms with Crippen molar-refractivity contribution in [3.8, 4) is 6.07 Å². The van der Waals surface area contributed by atoms with Crippen LogP contribution in [0.3, 0.4) is 0 Å². The zero-order valence-corrected chi connectivity index (χ0v) is 7.89. The lowest BCUT2D eigenvalue weighted by atomic mass is 10.2. The molecular weight excluding hydrogens is 179 g/mol. The Hall–Kier alpha value is -1.37. The summed E-state index contributed by atoms with van der Waals surface area (Å²) in [6.07, 6.45) is -0.547. The number of rotatable bonds is 5. The van der Waals surface area contributed by atoms with Gasteiger partial charge in [-0.25, -0.2) is 0 Å². The molecule has 0 aliphatic rings. The molecule has 0 aliphatic heterocycles. The topological polar surface area (TPSA) is 53.2 Å². The number of benzene rings is 1. The van der Waals surface area contributed by atoms with Gasteiger partial charge >= 0.3 is 0 Å². The number of aliphatic hydroxyl groups excluding tert-OH is 1. The lowest BCUT2D eigenvalue weighted by Crippen LogP contribution is -2.07. The summed E-state index contributed by atoms with van der Waals surface area (Å²) in [6.45, 7) is 0.933. The number of hydrogen-bond donors (Lipinski definition) is 1. The SMILES string of the molecule is N#[13C]C(O)CCOCc1ccccc1. The number of nitrogens with zero attached hydrogens (tertiary/aromatic N) is 1. The third kappa shape index (κ3) is 4.04. The maximum Gasteiger partial charge on any atom is 0.142 e. The molecular formula is C11H13NO2. The lowest BCUT2D eigenvalue weighted by molar-refractivity contribution is 0.0901. The zero-order valence-electron chi connectivity index (χ0n) is 7.89. The Morgan fingerprint density at radius 2 is 2.07 bits per heavy atom. The lowest BCUT2D eigenvalue weighted by Gasteiger charge is -2.04. The van der Waals surface area contributed by atoms with Gasteiger partial charge in [0, 0.05) is 6.42 Å². The minimum atomic E-state index is -0.911. The average molecular weight is 192 g/mol. The quantitative estimate of drug-likeness (QED) is 0.436. The molecule has 14 heavy (non-hydrogen) atoms. The molecule has 1 unspecified atom stereocenters. The Balaban J connectivity index is 2.14. The van der Waals surface area contributed by atoms with Gasteiger partial charge in [0.05, 0.1) is 19.3 Å². The van der Waals surface area contributed by atoms with Crippen molar-refractivity contribution >= 4 is 0 Å². The van der Waals surface area contributed by atoms with E-state index in [2.05, 4.69) is 0 Å². The monoisotopic (exact) mass is 192 g/mol. The minimum Gasteiger partial charge on any atom is -0.378 e. The Labute approximate surface area is 83.6 Å². The molecule has 0 saturated heterocycles. The van der Waals surface area contributed by atoms with E-state index >= 15 is 0 Å². The van der Waals surface area contributed by atoms with Gasteiger partial charge in [0.2, 0.25) is 0 Å². The van der Waals surface area contributed by atoms with Crippen molar-refractivity contribution in [3.05, 3.63) is 35.9 Å². The summed E-state index contributed by atoms with van der Waals surface area (Å²) in [6, 6.07) is 11.5. The Morgan fingerprint density at radius 3 is 2.71 bits per heavy atom. The molecule has 1 atom stereocenters. The highest BCUT2D eigenvalue weighted by molar-refractivity contribution is 5.13. The number of hydrogen-bond acceptors (Lipinski definition) is 3. The molecule has 74 valence electrons. The van der Waals surface area contributed by atoms with E-state index in [4.69, 9.17) is 15.1 Å². The van der Waals surface area contributed by atoms with Crippen LogP contribution in [0.2, 0.25) is 0 Å². The fourth-order valence-corrected chi connectivity index (χ4v) is 1.02. The van der Waals surface area contributed by atoms with Crippen LogP contribution in [0.15, 0.2) is 30.3 Å². The summed E-state index contributed by atoms with van der Waals surface area (Å²) < 4.78 is 5.28. The zero-order chi connectivity index (χ0) is 10.2. The largest absolute Gasteiger partial charge is 0.378 e. The van der Waals surface area contributed by atoms with Gasteiger partial charge in [0.1, 0.15) is 6.10 Å². The van der Waals surface area contributed by atoms with E-state index < -0.39 is 6.10 Å². The molecule has 0 spiro atoms. The molecule has 0 aliphatic carbocycles. The molecule has 0 fully saturated rings. The second-order valence-corrected chi connectivity index (χ2v) is 2.97. The van der Waals surface area contributed by atoms with Gasteiger partial charge in [0.25, 0.3) is 0 Å². The van der Waals surface area contributed by atoms with Crippen molar-refractivity contribution in [1.29, 1.82) is 5.26 Å². The Morgan fingerprint density at radius 1 is 1.36 bits per heavy atom. The van der Waals surface area contributed by atoms with Crippen LogP contribution in [0.1, 0.15) is 12.0 Å². The maximum absolute atomic E-state index is 8.91. The van der Waals surface area contributed by atoms with Crippen molar-refractivity contribution in [2.24, 2.45) is 0 Å². The fourth-order valence-electron chi connectivity index (χ4n) is 1.02. The second kappa shape index (κ2) is 6.14. The number of nitriles is 1. The summed E-state index contributed by atoms with van der Waals surface area (Å²) in [5, 5.41) is 17.2. The summed E-state index contributed by atoms with van der Waals surface area (Å²) in [5.74, 6) is 0. The van der Waals surface area contributed by atoms with Crippen LogP contribution >= 0.6 is 0 Å². The number of ether oxygens (including phenoxy) is 1. The van der Waals surface area contributed by atoms with E-state index in [-0.39, 0.29) is 0 Å². The average Bonchev–Trinajstić information content (AvgIpc) is 2.25. The van der Waals surface area contributed by atoms with E-state index in [0.717, 1.165) is 5.56 Å². The molecule has 1 rings (SSSR count). The minimum absolute atomic E-state index is 0.364. The maximum atomic E-state index is 8.91. The molecule has 0 amide bonds. The molecule has 1 aromatic carbocycles. The van der Waals surface area contributed by atoms with Crippen molar-refractivity contribution in [2.75, 3.05) is 6.61 Å². The van der Waals surface area contributed by atoms with Gasteiger partial charge in [0.15, 0.2) is 0 Å². The molecule has 0 aromatic heterocycles.